The quantitative estimate of drug-likeness (QED) is 0.475. The van der Waals surface area contributed by atoms with Crippen LogP contribution in [0, 0.1) is 0 Å². The minimum atomic E-state index is -0.211. The monoisotopic (exact) mass is 425 g/mol. The Labute approximate surface area is 177 Å². The molecule has 30 heavy (non-hydrogen) atoms. The Morgan fingerprint density at radius 1 is 1.33 bits per heavy atom. The molecule has 0 saturated carbocycles. The fourth-order valence-electron chi connectivity index (χ4n) is 3.33. The largest absolute Gasteiger partial charge is 0.488 e. The summed E-state index contributed by atoms with van der Waals surface area (Å²) in [5, 5.41) is 2.43. The Kier molecular flexibility index (Phi) is 5.59. The Bertz CT molecular complexity index is 1280. The van der Waals surface area contributed by atoms with Crippen LogP contribution in [0.3, 0.4) is 0 Å². The van der Waals surface area contributed by atoms with Crippen LogP contribution in [0.1, 0.15) is 44.6 Å². The van der Waals surface area contributed by atoms with Crippen LogP contribution in [0.2, 0.25) is 0 Å². The van der Waals surface area contributed by atoms with E-state index >= 15 is 0 Å². The summed E-state index contributed by atoms with van der Waals surface area (Å²) in [6.07, 6.45) is 3.96. The first-order chi connectivity index (χ1) is 14.5. The first kappa shape index (κ1) is 20.2. The lowest BCUT2D eigenvalue weighted by Gasteiger charge is -2.15. The van der Waals surface area contributed by atoms with Crippen LogP contribution in [0.5, 0.6) is 5.75 Å². The van der Waals surface area contributed by atoms with E-state index in [2.05, 4.69) is 4.98 Å². The predicted molar refractivity (Wildman–Crippen MR) is 118 cm³/mol. The molecule has 0 radical (unpaired) electrons. The highest BCUT2D eigenvalue weighted by molar-refractivity contribution is 7.17. The minimum Gasteiger partial charge on any atom is -0.488 e. The molecule has 0 atom stereocenters. The summed E-state index contributed by atoms with van der Waals surface area (Å²) in [6.45, 7) is 6.66. The number of rotatable bonds is 7. The van der Waals surface area contributed by atoms with Gasteiger partial charge in [0.2, 0.25) is 5.43 Å². The summed E-state index contributed by atoms with van der Waals surface area (Å²) in [5.41, 5.74) is 0.989. The molecule has 4 rings (SSSR count). The Morgan fingerprint density at radius 3 is 2.83 bits per heavy atom. The molecule has 1 N–H and O–H groups in total. The molecular weight excluding hydrogens is 402 g/mol. The zero-order valence-electron chi connectivity index (χ0n) is 17.1. The highest BCUT2D eigenvalue weighted by atomic mass is 32.1. The van der Waals surface area contributed by atoms with E-state index in [0.717, 1.165) is 12.0 Å². The van der Waals surface area contributed by atoms with Crippen molar-refractivity contribution in [1.29, 1.82) is 0 Å². The number of fused-ring (bicyclic) bond motifs is 1. The Hall–Kier alpha value is -3.13. The molecule has 0 amide bonds. The summed E-state index contributed by atoms with van der Waals surface area (Å²) in [7, 11) is 0. The fourth-order valence-corrected chi connectivity index (χ4v) is 4.26. The van der Waals surface area contributed by atoms with E-state index < -0.39 is 0 Å². The van der Waals surface area contributed by atoms with Gasteiger partial charge >= 0.3 is 0 Å². The van der Waals surface area contributed by atoms with Gasteiger partial charge < -0.3 is 14.1 Å². The van der Waals surface area contributed by atoms with Crippen LogP contribution in [0.4, 0.5) is 0 Å². The highest BCUT2D eigenvalue weighted by Gasteiger charge is 2.20. The number of furan rings is 1. The van der Waals surface area contributed by atoms with Crippen molar-refractivity contribution in [3.05, 3.63) is 68.1 Å². The summed E-state index contributed by atoms with van der Waals surface area (Å²) >= 11 is 1.43. The van der Waals surface area contributed by atoms with Gasteiger partial charge in [0.25, 0.3) is 5.56 Å². The molecule has 156 valence electrons. The van der Waals surface area contributed by atoms with Crippen LogP contribution in [0.15, 0.2) is 50.0 Å². The third-order valence-corrected chi connectivity index (χ3v) is 5.63. The van der Waals surface area contributed by atoms with Crippen LogP contribution in [-0.4, -0.2) is 21.1 Å². The first-order valence-electron chi connectivity index (χ1n) is 9.89. The molecule has 7 nitrogen and oxygen atoms in total. The van der Waals surface area contributed by atoms with Crippen LogP contribution < -0.4 is 15.7 Å². The molecular formula is C22H23N3O4S. The van der Waals surface area contributed by atoms with Crippen LogP contribution >= 0.6 is 11.3 Å². The average Bonchev–Trinajstić information content (AvgIpc) is 3.38. The molecule has 4 aromatic heterocycles. The fraction of sp³-hybridized carbons (Fsp3) is 0.318. The van der Waals surface area contributed by atoms with Gasteiger partial charge in [-0.3, -0.25) is 14.2 Å². The molecule has 0 unspecified atom stereocenters. The SMILES string of the molecule is CCCOc1c[nH]c(Cn2c(C(C)C)nc3scc(-c4ccco4)c3c2=O)cc1=O. The van der Waals surface area contributed by atoms with Gasteiger partial charge in [0.15, 0.2) is 5.75 Å². The number of ether oxygens (including phenoxy) is 1. The van der Waals surface area contributed by atoms with Gasteiger partial charge in [-0.15, -0.1) is 11.3 Å². The number of nitrogens with zero attached hydrogens (tertiary/aromatic N) is 2. The number of aromatic amines is 1. The lowest BCUT2D eigenvalue weighted by Crippen LogP contribution is -2.27. The van der Waals surface area contributed by atoms with Crippen molar-refractivity contribution in [2.45, 2.75) is 39.7 Å². The lowest BCUT2D eigenvalue weighted by atomic mass is 10.1. The zero-order chi connectivity index (χ0) is 21.3. The van der Waals surface area contributed by atoms with Gasteiger partial charge in [-0.05, 0) is 18.6 Å². The number of nitrogens with one attached hydrogen (secondary N) is 1. The molecule has 0 bridgehead atoms. The molecule has 0 spiro atoms. The number of hydrogen-bond donors (Lipinski definition) is 1. The second-order valence-electron chi connectivity index (χ2n) is 7.36. The minimum absolute atomic E-state index is 0.0372. The zero-order valence-corrected chi connectivity index (χ0v) is 17.9. The van der Waals surface area contributed by atoms with Crippen molar-refractivity contribution in [2.75, 3.05) is 6.61 Å². The second-order valence-corrected chi connectivity index (χ2v) is 8.22. The first-order valence-corrected chi connectivity index (χ1v) is 10.8. The van der Waals surface area contributed by atoms with E-state index in [4.69, 9.17) is 14.1 Å². The van der Waals surface area contributed by atoms with Gasteiger partial charge in [-0.25, -0.2) is 4.98 Å². The molecule has 0 fully saturated rings. The summed E-state index contributed by atoms with van der Waals surface area (Å²) < 4.78 is 12.6. The van der Waals surface area contributed by atoms with Gasteiger partial charge in [-0.1, -0.05) is 20.8 Å². The maximum atomic E-state index is 13.5. The third-order valence-electron chi connectivity index (χ3n) is 4.75. The summed E-state index contributed by atoms with van der Waals surface area (Å²) in [4.78, 5) is 34.4. The molecule has 0 aliphatic rings. The van der Waals surface area contributed by atoms with E-state index in [9.17, 15) is 9.59 Å². The average molecular weight is 426 g/mol. The standard InChI is InChI=1S/C22H23N3O4S/c1-4-7-28-18-10-23-14(9-16(18)26)11-25-20(13(2)3)24-21-19(22(25)27)15(12-30-21)17-6-5-8-29-17/h5-6,8-10,12-13H,4,7,11H2,1-3H3,(H,23,26). The maximum absolute atomic E-state index is 13.5. The number of hydrogen-bond acceptors (Lipinski definition) is 6. The van der Waals surface area contributed by atoms with Crippen molar-refractivity contribution < 1.29 is 9.15 Å². The molecule has 4 aromatic rings. The van der Waals surface area contributed by atoms with Crippen molar-refractivity contribution >= 4 is 21.6 Å². The molecule has 8 heteroatoms. The van der Waals surface area contributed by atoms with Gasteiger partial charge in [0, 0.05) is 34.8 Å². The van der Waals surface area contributed by atoms with E-state index in [0.29, 0.717) is 34.1 Å². The number of aromatic nitrogens is 3. The highest BCUT2D eigenvalue weighted by Crippen LogP contribution is 2.32. The van der Waals surface area contributed by atoms with E-state index in [1.807, 2.05) is 32.2 Å². The van der Waals surface area contributed by atoms with Gasteiger partial charge in [0.05, 0.1) is 24.8 Å². The normalized spacial score (nSPS) is 11.5. The number of H-pyrrole nitrogens is 1. The Balaban J connectivity index is 1.81. The topological polar surface area (TPSA) is 90.1 Å². The molecule has 0 aliphatic carbocycles. The maximum Gasteiger partial charge on any atom is 0.263 e. The van der Waals surface area contributed by atoms with E-state index in [-0.39, 0.29) is 29.2 Å². The van der Waals surface area contributed by atoms with E-state index in [1.165, 1.54) is 17.4 Å². The van der Waals surface area contributed by atoms with Gasteiger partial charge in [-0.2, -0.15) is 0 Å². The molecule has 4 heterocycles. The summed E-state index contributed by atoms with van der Waals surface area (Å²) in [6, 6.07) is 5.10. The van der Waals surface area contributed by atoms with Crippen molar-refractivity contribution in [3.8, 4) is 17.1 Å². The molecule has 0 aliphatic heterocycles. The predicted octanol–water partition coefficient (Wildman–Crippen LogP) is 4.37. The van der Waals surface area contributed by atoms with Crippen LogP contribution in [-0.2, 0) is 6.54 Å². The molecule has 0 aromatic carbocycles. The second kappa shape index (κ2) is 8.31. The van der Waals surface area contributed by atoms with Gasteiger partial charge in [0.1, 0.15) is 16.4 Å². The van der Waals surface area contributed by atoms with Crippen molar-refractivity contribution in [1.82, 2.24) is 14.5 Å². The van der Waals surface area contributed by atoms with Crippen molar-refractivity contribution in [2.24, 2.45) is 0 Å². The number of thiophene rings is 1. The Morgan fingerprint density at radius 2 is 2.17 bits per heavy atom. The molecule has 0 saturated heterocycles. The third kappa shape index (κ3) is 3.70. The number of pyridine rings is 1. The lowest BCUT2D eigenvalue weighted by molar-refractivity contribution is 0.313. The summed E-state index contributed by atoms with van der Waals surface area (Å²) in [5.74, 6) is 1.63. The smallest absolute Gasteiger partial charge is 0.263 e. The van der Waals surface area contributed by atoms with E-state index in [1.54, 1.807) is 23.1 Å². The van der Waals surface area contributed by atoms with Crippen LogP contribution in [0.25, 0.3) is 21.5 Å². The van der Waals surface area contributed by atoms with Crippen molar-refractivity contribution in [3.63, 3.8) is 0 Å².